The van der Waals surface area contributed by atoms with Crippen LogP contribution in [0.5, 0.6) is 5.75 Å². The fraction of sp³-hybridized carbons (Fsp3) is 0.579. The minimum Gasteiger partial charge on any atom is -0.508 e. The van der Waals surface area contributed by atoms with Gasteiger partial charge in [0, 0.05) is 12.5 Å². The Morgan fingerprint density at radius 1 is 1.17 bits per heavy atom. The Balaban J connectivity index is 1.91. The molecule has 0 radical (unpaired) electrons. The lowest BCUT2D eigenvalue weighted by atomic mass is 9.97. The first-order valence-corrected chi connectivity index (χ1v) is 8.73. The van der Waals surface area contributed by atoms with Crippen LogP contribution in [0.1, 0.15) is 44.1 Å². The van der Waals surface area contributed by atoms with Crippen molar-refractivity contribution >= 4 is 11.9 Å². The van der Waals surface area contributed by atoms with E-state index in [1.807, 2.05) is 0 Å². The summed E-state index contributed by atoms with van der Waals surface area (Å²) in [5.41, 5.74) is 0.923. The van der Waals surface area contributed by atoms with Gasteiger partial charge in [0.15, 0.2) is 0 Å². The van der Waals surface area contributed by atoms with Gasteiger partial charge in [0.1, 0.15) is 5.75 Å². The summed E-state index contributed by atoms with van der Waals surface area (Å²) in [6.07, 6.45) is 6.96. The highest BCUT2D eigenvalue weighted by Crippen LogP contribution is 2.23. The topological polar surface area (TPSA) is 75.6 Å². The van der Waals surface area contributed by atoms with Crippen molar-refractivity contribution in [2.45, 2.75) is 44.9 Å². The molecule has 24 heavy (non-hydrogen) atoms. The summed E-state index contributed by atoms with van der Waals surface area (Å²) in [7, 11) is 1.36. The predicted molar refractivity (Wildman–Crippen MR) is 91.5 cm³/mol. The maximum atomic E-state index is 12.4. The largest absolute Gasteiger partial charge is 0.508 e. The number of carbonyl (C=O) groups excluding carboxylic acids is 2. The van der Waals surface area contributed by atoms with E-state index in [4.69, 9.17) is 4.74 Å². The first-order valence-electron chi connectivity index (χ1n) is 8.73. The number of hydrogen-bond acceptors (Lipinski definition) is 4. The van der Waals surface area contributed by atoms with Crippen molar-refractivity contribution in [3.8, 4) is 5.75 Å². The summed E-state index contributed by atoms with van der Waals surface area (Å²) < 4.78 is 4.87. The molecule has 0 spiro atoms. The van der Waals surface area contributed by atoms with Crippen LogP contribution in [0, 0.1) is 11.8 Å². The smallest absolute Gasteiger partial charge is 0.310 e. The second-order valence-electron chi connectivity index (χ2n) is 6.52. The van der Waals surface area contributed by atoms with Crippen molar-refractivity contribution < 1.29 is 19.4 Å². The number of aromatic hydroxyl groups is 1. The molecule has 1 saturated carbocycles. The number of amides is 1. The quantitative estimate of drug-likeness (QED) is 0.620. The van der Waals surface area contributed by atoms with Crippen LogP contribution in [-0.2, 0) is 20.7 Å². The molecule has 1 aromatic carbocycles. The molecule has 0 heterocycles. The molecule has 2 N–H and O–H groups in total. The molecule has 0 bridgehead atoms. The molecular formula is C19H27NO4. The van der Waals surface area contributed by atoms with Gasteiger partial charge in [-0.3, -0.25) is 9.59 Å². The summed E-state index contributed by atoms with van der Waals surface area (Å²) in [6, 6.07) is 6.73. The van der Waals surface area contributed by atoms with Crippen molar-refractivity contribution in [3.05, 3.63) is 29.8 Å². The van der Waals surface area contributed by atoms with Gasteiger partial charge in [-0.2, -0.15) is 0 Å². The van der Waals surface area contributed by atoms with Gasteiger partial charge < -0.3 is 15.2 Å². The van der Waals surface area contributed by atoms with Crippen molar-refractivity contribution in [1.29, 1.82) is 0 Å². The molecule has 5 heteroatoms. The van der Waals surface area contributed by atoms with Crippen molar-refractivity contribution in [2.75, 3.05) is 13.7 Å². The maximum absolute atomic E-state index is 12.4. The molecule has 1 aliphatic rings. The molecule has 1 fully saturated rings. The Morgan fingerprint density at radius 3 is 2.38 bits per heavy atom. The molecule has 1 atom stereocenters. The van der Waals surface area contributed by atoms with Gasteiger partial charge in [-0.25, -0.2) is 0 Å². The van der Waals surface area contributed by atoms with Crippen LogP contribution in [0.3, 0.4) is 0 Å². The van der Waals surface area contributed by atoms with Crippen molar-refractivity contribution in [2.24, 2.45) is 11.8 Å². The molecule has 5 nitrogen and oxygen atoms in total. The normalized spacial score (nSPS) is 16.9. The molecule has 1 aromatic rings. The number of esters is 1. The Morgan fingerprint density at radius 2 is 1.79 bits per heavy atom. The van der Waals surface area contributed by atoms with Gasteiger partial charge in [0.2, 0.25) is 5.91 Å². The zero-order chi connectivity index (χ0) is 17.4. The minimum atomic E-state index is -0.422. The lowest BCUT2D eigenvalue weighted by Gasteiger charge is -2.18. The van der Waals surface area contributed by atoms with Crippen molar-refractivity contribution in [3.63, 3.8) is 0 Å². The van der Waals surface area contributed by atoms with Crippen LogP contribution < -0.4 is 5.32 Å². The van der Waals surface area contributed by atoms with E-state index < -0.39 is 5.92 Å². The number of phenols is 1. The monoisotopic (exact) mass is 333 g/mol. The van der Waals surface area contributed by atoms with Gasteiger partial charge in [0.25, 0.3) is 0 Å². The van der Waals surface area contributed by atoms with Crippen LogP contribution >= 0.6 is 0 Å². The Kier molecular flexibility index (Phi) is 7.09. The van der Waals surface area contributed by atoms with Gasteiger partial charge in [-0.05, 0) is 37.0 Å². The fourth-order valence-corrected chi connectivity index (χ4v) is 3.23. The van der Waals surface area contributed by atoms with E-state index in [2.05, 4.69) is 5.32 Å². The van der Waals surface area contributed by atoms with Gasteiger partial charge in [-0.1, -0.05) is 37.8 Å². The average molecular weight is 333 g/mol. The summed E-state index contributed by atoms with van der Waals surface area (Å²) in [6.45, 7) is 0.281. The number of phenolic OH excluding ortho intramolecular Hbond substituents is 1. The highest BCUT2D eigenvalue weighted by molar-refractivity contribution is 5.80. The van der Waals surface area contributed by atoms with Crippen molar-refractivity contribution in [1.82, 2.24) is 5.32 Å². The molecular weight excluding hydrogens is 306 g/mol. The average Bonchev–Trinajstić information content (AvgIpc) is 2.88. The number of carbonyl (C=O) groups is 2. The van der Waals surface area contributed by atoms with E-state index in [0.29, 0.717) is 6.42 Å². The Bertz CT molecular complexity index is 533. The molecule has 0 saturated heterocycles. The first-order chi connectivity index (χ1) is 11.6. The zero-order valence-corrected chi connectivity index (χ0v) is 14.3. The van der Waals surface area contributed by atoms with Crippen LogP contribution in [0.2, 0.25) is 0 Å². The summed E-state index contributed by atoms with van der Waals surface area (Å²) >= 11 is 0. The van der Waals surface area contributed by atoms with E-state index in [0.717, 1.165) is 31.2 Å². The standard InChI is InChI=1S/C19H27NO4/c1-24-19(23)16(12-14-8-10-17(21)11-9-14)13-20-18(22)15-6-4-2-3-5-7-15/h8-11,15-16,21H,2-7,12-13H2,1H3,(H,20,22)/t16-/m1/s1. The number of ether oxygens (including phenoxy) is 1. The number of rotatable bonds is 6. The molecule has 1 aliphatic carbocycles. The molecule has 0 unspecified atom stereocenters. The van der Waals surface area contributed by atoms with E-state index in [-0.39, 0.29) is 30.1 Å². The number of benzene rings is 1. The third-order valence-electron chi connectivity index (χ3n) is 4.70. The van der Waals surface area contributed by atoms with Crippen LogP contribution in [-0.4, -0.2) is 30.6 Å². The Labute approximate surface area is 143 Å². The molecule has 1 amide bonds. The predicted octanol–water partition coefficient (Wildman–Crippen LogP) is 2.81. The van der Waals surface area contributed by atoms with Crippen LogP contribution in [0.4, 0.5) is 0 Å². The van der Waals surface area contributed by atoms with E-state index in [1.165, 1.54) is 20.0 Å². The molecule has 0 aromatic heterocycles. The van der Waals surface area contributed by atoms with Gasteiger partial charge in [-0.15, -0.1) is 0 Å². The third kappa shape index (κ3) is 5.55. The highest BCUT2D eigenvalue weighted by Gasteiger charge is 2.24. The second-order valence-corrected chi connectivity index (χ2v) is 6.52. The highest BCUT2D eigenvalue weighted by atomic mass is 16.5. The number of nitrogens with one attached hydrogen (secondary N) is 1. The summed E-state index contributed by atoms with van der Waals surface area (Å²) in [4.78, 5) is 24.4. The number of hydrogen-bond donors (Lipinski definition) is 2. The van der Waals surface area contributed by atoms with E-state index in [1.54, 1.807) is 24.3 Å². The lowest BCUT2D eigenvalue weighted by Crippen LogP contribution is -2.38. The summed E-state index contributed by atoms with van der Waals surface area (Å²) in [5.74, 6) is -0.440. The molecule has 2 rings (SSSR count). The summed E-state index contributed by atoms with van der Waals surface area (Å²) in [5, 5.41) is 12.3. The SMILES string of the molecule is COC(=O)[C@@H](CNC(=O)C1CCCCCC1)Cc1ccc(O)cc1. The lowest BCUT2D eigenvalue weighted by molar-refractivity contribution is -0.145. The third-order valence-corrected chi connectivity index (χ3v) is 4.70. The Hall–Kier alpha value is -2.04. The number of methoxy groups -OCH3 is 1. The minimum absolute atomic E-state index is 0.0523. The molecule has 0 aliphatic heterocycles. The van der Waals surface area contributed by atoms with E-state index >= 15 is 0 Å². The van der Waals surface area contributed by atoms with E-state index in [9.17, 15) is 14.7 Å². The maximum Gasteiger partial charge on any atom is 0.310 e. The van der Waals surface area contributed by atoms with Crippen LogP contribution in [0.25, 0.3) is 0 Å². The second kappa shape index (κ2) is 9.30. The van der Waals surface area contributed by atoms with Gasteiger partial charge in [0.05, 0.1) is 13.0 Å². The zero-order valence-electron chi connectivity index (χ0n) is 14.3. The fourth-order valence-electron chi connectivity index (χ4n) is 3.23. The molecule has 132 valence electrons. The van der Waals surface area contributed by atoms with Crippen LogP contribution in [0.15, 0.2) is 24.3 Å². The first kappa shape index (κ1) is 18.3. The van der Waals surface area contributed by atoms with Gasteiger partial charge >= 0.3 is 5.97 Å².